The van der Waals surface area contributed by atoms with Crippen LogP contribution in [0.15, 0.2) is 24.3 Å². The number of rotatable bonds is 7. The number of para-hydroxylation sites is 1. The minimum Gasteiger partial charge on any atom is -0.311 e. The van der Waals surface area contributed by atoms with Gasteiger partial charge in [-0.25, -0.2) is 0 Å². The van der Waals surface area contributed by atoms with Crippen molar-refractivity contribution in [1.82, 2.24) is 15.1 Å². The molecule has 1 aromatic heterocycles. The fourth-order valence-corrected chi connectivity index (χ4v) is 2.25. The molecule has 3 nitrogen and oxygen atoms in total. The molecule has 0 fully saturated rings. The van der Waals surface area contributed by atoms with E-state index in [0.29, 0.717) is 0 Å². The molecule has 0 aliphatic carbocycles. The Morgan fingerprint density at radius 1 is 1.32 bits per heavy atom. The molecule has 0 bridgehead atoms. The van der Waals surface area contributed by atoms with Crippen LogP contribution in [0.5, 0.6) is 0 Å². The summed E-state index contributed by atoms with van der Waals surface area (Å²) < 4.78 is 2.06. The van der Waals surface area contributed by atoms with Crippen LogP contribution in [0.2, 0.25) is 0 Å². The Balaban J connectivity index is 1.95. The molecule has 0 aliphatic rings. The van der Waals surface area contributed by atoms with Crippen molar-refractivity contribution in [3.05, 3.63) is 30.0 Å². The number of benzene rings is 1. The number of aryl methyl sites for hydroxylation is 1. The summed E-state index contributed by atoms with van der Waals surface area (Å²) in [5, 5.41) is 9.36. The summed E-state index contributed by atoms with van der Waals surface area (Å²) in [6.07, 6.45) is 8.31. The van der Waals surface area contributed by atoms with Crippen LogP contribution >= 0.6 is 0 Å². The predicted molar refractivity (Wildman–Crippen MR) is 79.8 cm³/mol. The van der Waals surface area contributed by atoms with Gasteiger partial charge in [-0.3, -0.25) is 4.68 Å². The monoisotopic (exact) mass is 255 g/mol. The largest absolute Gasteiger partial charge is 0.311 e. The van der Waals surface area contributed by atoms with Gasteiger partial charge in [0.2, 0.25) is 0 Å². The van der Waals surface area contributed by atoms with Gasteiger partial charge in [-0.1, -0.05) is 18.2 Å². The molecule has 0 aliphatic heterocycles. The number of nitrogens with zero attached hydrogens (tertiary/aromatic N) is 2. The van der Waals surface area contributed by atoms with Crippen molar-refractivity contribution >= 4 is 10.9 Å². The second kappa shape index (κ2) is 6.96. The van der Waals surface area contributed by atoms with Crippen LogP contribution in [0.1, 0.15) is 31.9 Å². The van der Waals surface area contributed by atoms with E-state index in [1.807, 2.05) is 0 Å². The van der Waals surface area contributed by atoms with Gasteiger partial charge in [0.25, 0.3) is 0 Å². The SMILES string of the molecule is C#CCCCCNCc1nn(CC)c2ccccc12. The lowest BCUT2D eigenvalue weighted by Crippen LogP contribution is -2.15. The minimum absolute atomic E-state index is 0.823. The molecule has 100 valence electrons. The van der Waals surface area contributed by atoms with E-state index in [-0.39, 0.29) is 0 Å². The number of hydrogen-bond acceptors (Lipinski definition) is 2. The fourth-order valence-electron chi connectivity index (χ4n) is 2.25. The molecule has 0 saturated heterocycles. The third kappa shape index (κ3) is 3.36. The molecule has 1 heterocycles. The first-order valence-corrected chi connectivity index (χ1v) is 6.95. The molecule has 2 rings (SSSR count). The van der Waals surface area contributed by atoms with E-state index in [9.17, 15) is 0 Å². The molecular weight excluding hydrogens is 234 g/mol. The Morgan fingerprint density at radius 3 is 2.95 bits per heavy atom. The first-order valence-electron chi connectivity index (χ1n) is 6.95. The topological polar surface area (TPSA) is 29.9 Å². The number of aromatic nitrogens is 2. The van der Waals surface area contributed by atoms with Crippen molar-refractivity contribution in [2.45, 2.75) is 39.3 Å². The van der Waals surface area contributed by atoms with Gasteiger partial charge < -0.3 is 5.32 Å². The second-order valence-electron chi connectivity index (χ2n) is 4.62. The molecule has 0 spiro atoms. The van der Waals surface area contributed by atoms with Crippen molar-refractivity contribution in [2.24, 2.45) is 0 Å². The van der Waals surface area contributed by atoms with Crippen molar-refractivity contribution in [3.8, 4) is 12.3 Å². The summed E-state index contributed by atoms with van der Waals surface area (Å²) in [7, 11) is 0. The Morgan fingerprint density at radius 2 is 2.16 bits per heavy atom. The zero-order valence-corrected chi connectivity index (χ0v) is 11.5. The smallest absolute Gasteiger partial charge is 0.0841 e. The minimum atomic E-state index is 0.823. The van der Waals surface area contributed by atoms with Crippen LogP contribution in [-0.2, 0) is 13.1 Å². The Hall–Kier alpha value is -1.79. The Labute approximate surface area is 115 Å². The maximum Gasteiger partial charge on any atom is 0.0841 e. The highest BCUT2D eigenvalue weighted by atomic mass is 15.3. The van der Waals surface area contributed by atoms with Gasteiger partial charge in [-0.15, -0.1) is 12.3 Å². The standard InChI is InChI=1S/C16H21N3/c1-3-5-6-9-12-17-13-15-14-10-7-8-11-16(14)19(4-2)18-15/h1,7-8,10-11,17H,4-6,9,12-13H2,2H3. The van der Waals surface area contributed by atoms with Crippen molar-refractivity contribution in [2.75, 3.05) is 6.54 Å². The van der Waals surface area contributed by atoms with E-state index in [4.69, 9.17) is 6.42 Å². The van der Waals surface area contributed by atoms with E-state index < -0.39 is 0 Å². The maximum atomic E-state index is 5.23. The molecule has 2 aromatic rings. The number of terminal acetylenes is 1. The van der Waals surface area contributed by atoms with E-state index in [1.54, 1.807) is 0 Å². The van der Waals surface area contributed by atoms with Gasteiger partial charge in [0.15, 0.2) is 0 Å². The van der Waals surface area contributed by atoms with Gasteiger partial charge in [0.05, 0.1) is 11.2 Å². The van der Waals surface area contributed by atoms with Crippen LogP contribution < -0.4 is 5.32 Å². The third-order valence-electron chi connectivity index (χ3n) is 3.25. The van der Waals surface area contributed by atoms with Crippen molar-refractivity contribution in [3.63, 3.8) is 0 Å². The molecule has 3 heteroatoms. The third-order valence-corrected chi connectivity index (χ3v) is 3.25. The number of unbranched alkanes of at least 4 members (excludes halogenated alkanes) is 2. The number of fused-ring (bicyclic) bond motifs is 1. The first-order chi connectivity index (χ1) is 9.36. The highest BCUT2D eigenvalue weighted by molar-refractivity contribution is 5.81. The lowest BCUT2D eigenvalue weighted by molar-refractivity contribution is 0.605. The van der Waals surface area contributed by atoms with Crippen molar-refractivity contribution < 1.29 is 0 Å². The fraction of sp³-hybridized carbons (Fsp3) is 0.438. The van der Waals surface area contributed by atoms with Crippen LogP contribution in [0.3, 0.4) is 0 Å². The molecule has 19 heavy (non-hydrogen) atoms. The summed E-state index contributed by atoms with van der Waals surface area (Å²) in [6, 6.07) is 8.40. The predicted octanol–water partition coefficient (Wildman–Crippen LogP) is 2.95. The lowest BCUT2D eigenvalue weighted by atomic mass is 10.2. The normalized spacial score (nSPS) is 10.7. The molecule has 0 amide bonds. The summed E-state index contributed by atoms with van der Waals surface area (Å²) >= 11 is 0. The molecule has 0 radical (unpaired) electrons. The van der Waals surface area contributed by atoms with Crippen LogP contribution in [0.25, 0.3) is 10.9 Å². The summed E-state index contributed by atoms with van der Waals surface area (Å²) in [6.45, 7) is 4.84. The molecule has 1 aromatic carbocycles. The molecule has 0 atom stereocenters. The van der Waals surface area contributed by atoms with Gasteiger partial charge in [0.1, 0.15) is 0 Å². The molecule has 0 saturated carbocycles. The highest BCUT2D eigenvalue weighted by Gasteiger charge is 2.07. The Bertz CT molecular complexity index is 563. The molecular formula is C16H21N3. The van der Waals surface area contributed by atoms with Gasteiger partial charge in [-0.05, 0) is 32.4 Å². The lowest BCUT2D eigenvalue weighted by Gasteiger charge is -2.01. The van der Waals surface area contributed by atoms with Crippen LogP contribution in [0.4, 0.5) is 0 Å². The summed E-state index contributed by atoms with van der Waals surface area (Å²) in [5.41, 5.74) is 2.35. The second-order valence-corrected chi connectivity index (χ2v) is 4.62. The summed E-state index contributed by atoms with van der Waals surface area (Å²) in [4.78, 5) is 0. The number of hydrogen-bond donors (Lipinski definition) is 1. The number of nitrogens with one attached hydrogen (secondary N) is 1. The maximum absolute atomic E-state index is 5.23. The average molecular weight is 255 g/mol. The van der Waals surface area contributed by atoms with Crippen molar-refractivity contribution in [1.29, 1.82) is 0 Å². The highest BCUT2D eigenvalue weighted by Crippen LogP contribution is 2.18. The molecule has 1 N–H and O–H groups in total. The van der Waals surface area contributed by atoms with Crippen LogP contribution in [-0.4, -0.2) is 16.3 Å². The van der Waals surface area contributed by atoms with E-state index in [1.165, 1.54) is 10.9 Å². The van der Waals surface area contributed by atoms with E-state index in [0.717, 1.165) is 44.6 Å². The first kappa shape index (κ1) is 13.6. The summed E-state index contributed by atoms with van der Waals surface area (Å²) in [5.74, 6) is 2.67. The van der Waals surface area contributed by atoms with Crippen LogP contribution in [0, 0.1) is 12.3 Å². The van der Waals surface area contributed by atoms with E-state index in [2.05, 4.69) is 52.2 Å². The van der Waals surface area contributed by atoms with Gasteiger partial charge in [0, 0.05) is 24.9 Å². The quantitative estimate of drug-likeness (QED) is 0.609. The molecule has 0 unspecified atom stereocenters. The zero-order chi connectivity index (χ0) is 13.5. The van der Waals surface area contributed by atoms with E-state index >= 15 is 0 Å². The average Bonchev–Trinajstić information content (AvgIpc) is 2.81. The Kier molecular flexibility index (Phi) is 5.00. The van der Waals surface area contributed by atoms with Gasteiger partial charge >= 0.3 is 0 Å². The zero-order valence-electron chi connectivity index (χ0n) is 11.5. The van der Waals surface area contributed by atoms with Gasteiger partial charge in [-0.2, -0.15) is 5.10 Å².